The summed E-state index contributed by atoms with van der Waals surface area (Å²) in [4.78, 5) is 10.2. The van der Waals surface area contributed by atoms with Gasteiger partial charge < -0.3 is 10.8 Å². The number of carbonyl (C=O) groups is 1. The van der Waals surface area contributed by atoms with Crippen molar-refractivity contribution < 1.29 is 9.90 Å². The van der Waals surface area contributed by atoms with E-state index in [9.17, 15) is 4.79 Å². The van der Waals surface area contributed by atoms with Gasteiger partial charge in [-0.2, -0.15) is 11.8 Å². The minimum atomic E-state index is -0.927. The van der Waals surface area contributed by atoms with Crippen molar-refractivity contribution in [1.82, 2.24) is 0 Å². The van der Waals surface area contributed by atoms with Crippen LogP contribution in [0.1, 0.15) is 6.42 Å². The Hall–Kier alpha value is -0.480. The molecule has 1 atom stereocenters. The lowest BCUT2D eigenvalue weighted by Gasteiger charge is -2.03. The Kier molecular flexibility index (Phi) is 5.97. The molecule has 64 valence electrons. The molecule has 0 spiro atoms. The second-order valence-electron chi connectivity index (χ2n) is 2.10. The van der Waals surface area contributed by atoms with E-state index >= 15 is 0 Å². The van der Waals surface area contributed by atoms with Crippen molar-refractivity contribution in [3.63, 3.8) is 0 Å². The first kappa shape index (κ1) is 10.5. The molecule has 0 radical (unpaired) electrons. The van der Waals surface area contributed by atoms with Crippen molar-refractivity contribution in [3.05, 3.63) is 12.7 Å². The molecule has 4 heteroatoms. The first-order chi connectivity index (χ1) is 5.18. The maximum Gasteiger partial charge on any atom is 0.320 e. The van der Waals surface area contributed by atoms with Gasteiger partial charge in [-0.1, -0.05) is 6.08 Å². The zero-order valence-electron chi connectivity index (χ0n) is 6.32. The summed E-state index contributed by atoms with van der Waals surface area (Å²) >= 11 is 1.64. The number of rotatable bonds is 6. The number of hydrogen-bond donors (Lipinski definition) is 2. The quantitative estimate of drug-likeness (QED) is 0.461. The monoisotopic (exact) mass is 175 g/mol. The molecule has 0 rings (SSSR count). The fourth-order valence-corrected chi connectivity index (χ4v) is 1.25. The molecule has 0 aromatic rings. The van der Waals surface area contributed by atoms with Crippen molar-refractivity contribution in [2.24, 2.45) is 5.73 Å². The van der Waals surface area contributed by atoms with Crippen molar-refractivity contribution in [3.8, 4) is 0 Å². The molecule has 0 aromatic heterocycles. The molecule has 11 heavy (non-hydrogen) atoms. The molecular weight excluding hydrogens is 162 g/mol. The fraction of sp³-hybridized carbons (Fsp3) is 0.571. The van der Waals surface area contributed by atoms with Gasteiger partial charge in [0.25, 0.3) is 0 Å². The van der Waals surface area contributed by atoms with Gasteiger partial charge in [-0.05, 0) is 12.2 Å². The lowest BCUT2D eigenvalue weighted by Crippen LogP contribution is -2.30. The highest BCUT2D eigenvalue weighted by atomic mass is 32.2. The molecule has 0 fully saturated rings. The summed E-state index contributed by atoms with van der Waals surface area (Å²) in [7, 11) is 0. The largest absolute Gasteiger partial charge is 0.480 e. The van der Waals surface area contributed by atoms with E-state index in [1.807, 2.05) is 0 Å². The van der Waals surface area contributed by atoms with Gasteiger partial charge in [0.2, 0.25) is 0 Å². The van der Waals surface area contributed by atoms with Crippen LogP contribution in [0.3, 0.4) is 0 Å². The van der Waals surface area contributed by atoms with E-state index in [0.29, 0.717) is 6.42 Å². The highest BCUT2D eigenvalue weighted by Crippen LogP contribution is 2.03. The Balaban J connectivity index is 3.24. The predicted molar refractivity (Wildman–Crippen MR) is 47.8 cm³/mol. The van der Waals surface area contributed by atoms with E-state index in [1.165, 1.54) is 0 Å². The molecule has 0 aliphatic rings. The number of aliphatic carboxylic acids is 1. The number of carboxylic acid groups (broad SMARTS) is 1. The fourth-order valence-electron chi connectivity index (χ4n) is 0.500. The van der Waals surface area contributed by atoms with Gasteiger partial charge >= 0.3 is 5.97 Å². The molecule has 0 amide bonds. The molecule has 0 saturated heterocycles. The van der Waals surface area contributed by atoms with Crippen molar-refractivity contribution in [1.29, 1.82) is 0 Å². The summed E-state index contributed by atoms with van der Waals surface area (Å²) in [6.07, 6.45) is 2.31. The molecule has 3 nitrogen and oxygen atoms in total. The Morgan fingerprint density at radius 1 is 1.82 bits per heavy atom. The summed E-state index contributed by atoms with van der Waals surface area (Å²) in [6, 6.07) is -0.715. The van der Waals surface area contributed by atoms with Crippen LogP contribution in [0.15, 0.2) is 12.7 Å². The first-order valence-corrected chi connectivity index (χ1v) is 4.51. The van der Waals surface area contributed by atoms with Gasteiger partial charge in [-0.3, -0.25) is 4.79 Å². The Bertz CT molecular complexity index is 138. The Morgan fingerprint density at radius 2 is 2.45 bits per heavy atom. The summed E-state index contributed by atoms with van der Waals surface area (Å²) in [5.74, 6) is 0.704. The van der Waals surface area contributed by atoms with Gasteiger partial charge in [0.1, 0.15) is 6.04 Å². The summed E-state index contributed by atoms with van der Waals surface area (Å²) < 4.78 is 0. The van der Waals surface area contributed by atoms with E-state index in [2.05, 4.69) is 6.58 Å². The molecule has 0 aliphatic heterocycles. The predicted octanol–water partition coefficient (Wildman–Crippen LogP) is 0.708. The number of thioether (sulfide) groups is 1. The third-order valence-electron chi connectivity index (χ3n) is 1.13. The summed E-state index contributed by atoms with van der Waals surface area (Å²) in [5.41, 5.74) is 5.26. The maximum absolute atomic E-state index is 10.2. The van der Waals surface area contributed by atoms with Crippen LogP contribution >= 0.6 is 11.8 Å². The van der Waals surface area contributed by atoms with Crippen LogP contribution in [0.5, 0.6) is 0 Å². The van der Waals surface area contributed by atoms with Crippen LogP contribution in [0, 0.1) is 0 Å². The zero-order chi connectivity index (χ0) is 8.69. The number of hydrogen-bond acceptors (Lipinski definition) is 3. The maximum atomic E-state index is 10.2. The van der Waals surface area contributed by atoms with E-state index in [4.69, 9.17) is 10.8 Å². The smallest absolute Gasteiger partial charge is 0.320 e. The van der Waals surface area contributed by atoms with Crippen LogP contribution in [0.4, 0.5) is 0 Å². The minimum Gasteiger partial charge on any atom is -0.480 e. The van der Waals surface area contributed by atoms with Crippen molar-refractivity contribution >= 4 is 17.7 Å². The molecule has 3 N–H and O–H groups in total. The molecule has 0 aromatic carbocycles. The molecule has 0 heterocycles. The van der Waals surface area contributed by atoms with Crippen LogP contribution in [0.25, 0.3) is 0 Å². The average Bonchev–Trinajstić information content (AvgIpc) is 1.97. The zero-order valence-corrected chi connectivity index (χ0v) is 7.14. The molecular formula is C7H13NO2S. The Morgan fingerprint density at radius 3 is 2.91 bits per heavy atom. The van der Waals surface area contributed by atoms with Crippen molar-refractivity contribution in [2.75, 3.05) is 11.5 Å². The highest BCUT2D eigenvalue weighted by Gasteiger charge is 2.09. The van der Waals surface area contributed by atoms with Crippen LogP contribution in [-0.2, 0) is 4.79 Å². The van der Waals surface area contributed by atoms with E-state index in [-0.39, 0.29) is 0 Å². The first-order valence-electron chi connectivity index (χ1n) is 3.35. The molecule has 0 bridgehead atoms. The lowest BCUT2D eigenvalue weighted by molar-refractivity contribution is -0.138. The third kappa shape index (κ3) is 5.94. The Labute approximate surface area is 70.7 Å². The molecule has 0 saturated carbocycles. The summed E-state index contributed by atoms with van der Waals surface area (Å²) in [5, 5.41) is 8.38. The molecule has 0 aliphatic carbocycles. The van der Waals surface area contributed by atoms with E-state index in [1.54, 1.807) is 17.8 Å². The standard InChI is InChI=1S/C7H13NO2S/c1-2-4-11-5-3-6(8)7(9)10/h2,6H,1,3-5,8H2,(H,9,10)/t6-/m0/s1. The lowest BCUT2D eigenvalue weighted by atomic mass is 10.2. The van der Waals surface area contributed by atoms with E-state index in [0.717, 1.165) is 11.5 Å². The topological polar surface area (TPSA) is 63.3 Å². The minimum absolute atomic E-state index is 0.522. The second kappa shape index (κ2) is 6.24. The van der Waals surface area contributed by atoms with Crippen molar-refractivity contribution in [2.45, 2.75) is 12.5 Å². The van der Waals surface area contributed by atoms with E-state index < -0.39 is 12.0 Å². The average molecular weight is 175 g/mol. The number of carboxylic acids is 1. The highest BCUT2D eigenvalue weighted by molar-refractivity contribution is 7.99. The second-order valence-corrected chi connectivity index (χ2v) is 3.25. The van der Waals surface area contributed by atoms with Crippen LogP contribution < -0.4 is 5.73 Å². The number of nitrogens with two attached hydrogens (primary N) is 1. The van der Waals surface area contributed by atoms with Gasteiger partial charge in [0.15, 0.2) is 0 Å². The summed E-state index contributed by atoms with van der Waals surface area (Å²) in [6.45, 7) is 3.54. The van der Waals surface area contributed by atoms with Gasteiger partial charge in [0.05, 0.1) is 0 Å². The van der Waals surface area contributed by atoms with Gasteiger partial charge in [0, 0.05) is 5.75 Å². The van der Waals surface area contributed by atoms with Gasteiger partial charge in [-0.25, -0.2) is 0 Å². The van der Waals surface area contributed by atoms with Crippen LogP contribution in [-0.4, -0.2) is 28.6 Å². The van der Waals surface area contributed by atoms with Gasteiger partial charge in [-0.15, -0.1) is 6.58 Å². The van der Waals surface area contributed by atoms with Crippen LogP contribution in [0.2, 0.25) is 0 Å². The SMILES string of the molecule is C=CCSCC[C@H](N)C(=O)O. The normalized spacial score (nSPS) is 12.5. The third-order valence-corrected chi connectivity index (χ3v) is 2.12. The molecule has 0 unspecified atom stereocenters.